The SMILES string of the molecule is O=C(N1CCNCC1O)N1CCNCC1O. The summed E-state index contributed by atoms with van der Waals surface area (Å²) in [5, 5.41) is 25.3. The summed E-state index contributed by atoms with van der Waals surface area (Å²) < 4.78 is 0. The molecule has 0 aromatic heterocycles. The van der Waals surface area contributed by atoms with Gasteiger partial charge in [0, 0.05) is 39.3 Å². The van der Waals surface area contributed by atoms with Crippen LogP contribution in [0.5, 0.6) is 0 Å². The van der Waals surface area contributed by atoms with E-state index in [9.17, 15) is 15.0 Å². The molecule has 7 heteroatoms. The van der Waals surface area contributed by atoms with E-state index in [1.807, 2.05) is 0 Å². The molecule has 0 aromatic carbocycles. The summed E-state index contributed by atoms with van der Waals surface area (Å²) in [5.41, 5.74) is 0. The number of nitrogens with zero attached hydrogens (tertiary/aromatic N) is 2. The van der Waals surface area contributed by atoms with E-state index >= 15 is 0 Å². The third-order valence-electron chi connectivity index (χ3n) is 2.92. The highest BCUT2D eigenvalue weighted by atomic mass is 16.3. The van der Waals surface area contributed by atoms with Gasteiger partial charge in [0.2, 0.25) is 0 Å². The highest BCUT2D eigenvalue weighted by molar-refractivity contribution is 5.75. The number of amides is 2. The number of rotatable bonds is 0. The average molecular weight is 230 g/mol. The molecule has 0 aromatic rings. The van der Waals surface area contributed by atoms with E-state index in [1.54, 1.807) is 0 Å². The van der Waals surface area contributed by atoms with Crippen molar-refractivity contribution in [1.82, 2.24) is 20.4 Å². The molecule has 2 rings (SSSR count). The predicted octanol–water partition coefficient (Wildman–Crippen LogP) is -2.45. The van der Waals surface area contributed by atoms with Crippen LogP contribution in [0.25, 0.3) is 0 Å². The molecule has 2 saturated heterocycles. The summed E-state index contributed by atoms with van der Waals surface area (Å²) in [5.74, 6) is 0. The van der Waals surface area contributed by atoms with Gasteiger partial charge in [-0.2, -0.15) is 0 Å². The Morgan fingerprint density at radius 1 is 1.00 bits per heavy atom. The van der Waals surface area contributed by atoms with Crippen LogP contribution >= 0.6 is 0 Å². The number of aliphatic hydroxyl groups excluding tert-OH is 2. The monoisotopic (exact) mass is 230 g/mol. The van der Waals surface area contributed by atoms with Crippen LogP contribution in [-0.4, -0.2) is 77.8 Å². The number of nitrogens with one attached hydrogen (secondary N) is 2. The number of piperazine rings is 2. The maximum absolute atomic E-state index is 12.1. The Balaban J connectivity index is 1.99. The van der Waals surface area contributed by atoms with Gasteiger partial charge in [0.25, 0.3) is 0 Å². The van der Waals surface area contributed by atoms with E-state index in [2.05, 4.69) is 10.6 Å². The molecule has 0 saturated carbocycles. The topological polar surface area (TPSA) is 88.1 Å². The van der Waals surface area contributed by atoms with Crippen LogP contribution < -0.4 is 10.6 Å². The molecule has 16 heavy (non-hydrogen) atoms. The van der Waals surface area contributed by atoms with E-state index in [0.717, 1.165) is 0 Å². The molecule has 0 aliphatic carbocycles. The fourth-order valence-corrected chi connectivity index (χ4v) is 1.99. The van der Waals surface area contributed by atoms with Crippen LogP contribution in [0.4, 0.5) is 4.79 Å². The lowest BCUT2D eigenvalue weighted by molar-refractivity contribution is -0.0340. The number of urea groups is 1. The van der Waals surface area contributed by atoms with Crippen molar-refractivity contribution < 1.29 is 15.0 Å². The molecule has 2 amide bonds. The zero-order valence-corrected chi connectivity index (χ0v) is 9.09. The van der Waals surface area contributed by atoms with Crippen LogP contribution in [0, 0.1) is 0 Å². The highest BCUT2D eigenvalue weighted by Crippen LogP contribution is 2.09. The number of hydrogen-bond donors (Lipinski definition) is 4. The van der Waals surface area contributed by atoms with Crippen molar-refractivity contribution in [3.63, 3.8) is 0 Å². The molecule has 2 atom stereocenters. The summed E-state index contributed by atoms with van der Waals surface area (Å²) in [6.45, 7) is 3.05. The molecular formula is C9H18N4O3. The van der Waals surface area contributed by atoms with E-state index in [1.165, 1.54) is 9.80 Å². The first kappa shape index (κ1) is 11.6. The van der Waals surface area contributed by atoms with Crippen LogP contribution in [0.1, 0.15) is 0 Å². The summed E-state index contributed by atoms with van der Waals surface area (Å²) in [4.78, 5) is 14.8. The largest absolute Gasteiger partial charge is 0.372 e. The van der Waals surface area contributed by atoms with Crippen LogP contribution in [-0.2, 0) is 0 Å². The van der Waals surface area contributed by atoms with Gasteiger partial charge in [-0.25, -0.2) is 4.79 Å². The van der Waals surface area contributed by atoms with Crippen molar-refractivity contribution in [2.24, 2.45) is 0 Å². The summed E-state index contributed by atoms with van der Waals surface area (Å²) in [6, 6.07) is -0.289. The van der Waals surface area contributed by atoms with E-state index in [4.69, 9.17) is 0 Å². The van der Waals surface area contributed by atoms with Crippen molar-refractivity contribution in [3.8, 4) is 0 Å². The van der Waals surface area contributed by atoms with Gasteiger partial charge in [-0.3, -0.25) is 9.80 Å². The zero-order valence-electron chi connectivity index (χ0n) is 9.09. The molecule has 0 radical (unpaired) electrons. The number of carbonyl (C=O) groups excluding carboxylic acids is 1. The quantitative estimate of drug-likeness (QED) is 0.371. The van der Waals surface area contributed by atoms with Gasteiger partial charge in [-0.1, -0.05) is 0 Å². The fourth-order valence-electron chi connectivity index (χ4n) is 1.99. The minimum atomic E-state index is -0.802. The lowest BCUT2D eigenvalue weighted by Crippen LogP contribution is -2.62. The van der Waals surface area contributed by atoms with Crippen LogP contribution in [0.3, 0.4) is 0 Å². The van der Waals surface area contributed by atoms with E-state index in [-0.39, 0.29) is 6.03 Å². The molecule has 2 aliphatic heterocycles. The predicted molar refractivity (Wildman–Crippen MR) is 56.6 cm³/mol. The molecule has 2 aliphatic rings. The standard InChI is InChI=1S/C9H18N4O3/c14-7-5-10-1-3-12(7)9(16)13-4-2-11-6-8(13)15/h7-8,10-11,14-15H,1-6H2. The van der Waals surface area contributed by atoms with Gasteiger partial charge in [-0.15, -0.1) is 0 Å². The maximum atomic E-state index is 12.1. The Hall–Kier alpha value is -0.890. The van der Waals surface area contributed by atoms with Crippen molar-refractivity contribution in [2.45, 2.75) is 12.5 Å². The Kier molecular flexibility index (Phi) is 3.59. The minimum Gasteiger partial charge on any atom is -0.372 e. The smallest absolute Gasteiger partial charge is 0.324 e. The number of β-amino-alcohol motifs (C(OH)–C–C–N with tert-alkyl or cyclic N) is 2. The van der Waals surface area contributed by atoms with E-state index < -0.39 is 12.5 Å². The molecule has 4 N–H and O–H groups in total. The second-order valence-electron chi connectivity index (χ2n) is 4.04. The van der Waals surface area contributed by atoms with Gasteiger partial charge >= 0.3 is 6.03 Å². The second kappa shape index (κ2) is 4.96. The molecule has 7 nitrogen and oxygen atoms in total. The summed E-state index contributed by atoms with van der Waals surface area (Å²) in [7, 11) is 0. The number of carbonyl (C=O) groups is 1. The van der Waals surface area contributed by atoms with Crippen molar-refractivity contribution >= 4 is 6.03 Å². The minimum absolute atomic E-state index is 0.289. The highest BCUT2D eigenvalue weighted by Gasteiger charge is 2.32. The summed E-state index contributed by atoms with van der Waals surface area (Å²) in [6.07, 6.45) is -1.60. The lowest BCUT2D eigenvalue weighted by Gasteiger charge is -2.40. The van der Waals surface area contributed by atoms with Crippen LogP contribution in [0.15, 0.2) is 0 Å². The lowest BCUT2D eigenvalue weighted by atomic mass is 10.3. The first-order chi connectivity index (χ1) is 7.70. The molecule has 2 heterocycles. The first-order valence-electron chi connectivity index (χ1n) is 5.55. The molecule has 0 bridgehead atoms. The average Bonchev–Trinajstić information content (AvgIpc) is 2.29. The molecular weight excluding hydrogens is 212 g/mol. The molecule has 2 unspecified atom stereocenters. The zero-order chi connectivity index (χ0) is 11.5. The van der Waals surface area contributed by atoms with Crippen molar-refractivity contribution in [1.29, 1.82) is 0 Å². The molecule has 0 spiro atoms. The number of aliphatic hydroxyl groups is 2. The number of hydrogen-bond acceptors (Lipinski definition) is 5. The Labute approximate surface area is 94.0 Å². The first-order valence-corrected chi connectivity index (χ1v) is 5.55. The van der Waals surface area contributed by atoms with Gasteiger partial charge < -0.3 is 20.8 Å². The van der Waals surface area contributed by atoms with Gasteiger partial charge in [-0.05, 0) is 0 Å². The van der Waals surface area contributed by atoms with Gasteiger partial charge in [0.1, 0.15) is 12.5 Å². The van der Waals surface area contributed by atoms with Gasteiger partial charge in [0.05, 0.1) is 0 Å². The normalized spacial score (nSPS) is 31.6. The van der Waals surface area contributed by atoms with E-state index in [0.29, 0.717) is 39.3 Å². The van der Waals surface area contributed by atoms with Crippen LogP contribution in [0.2, 0.25) is 0 Å². The Bertz CT molecular complexity index is 239. The molecule has 92 valence electrons. The summed E-state index contributed by atoms with van der Waals surface area (Å²) >= 11 is 0. The van der Waals surface area contributed by atoms with Crippen molar-refractivity contribution in [2.75, 3.05) is 39.3 Å². The Morgan fingerprint density at radius 2 is 1.44 bits per heavy atom. The third kappa shape index (κ3) is 2.27. The fraction of sp³-hybridized carbons (Fsp3) is 0.889. The third-order valence-corrected chi connectivity index (χ3v) is 2.92. The second-order valence-corrected chi connectivity index (χ2v) is 4.04. The Morgan fingerprint density at radius 3 is 1.81 bits per heavy atom. The van der Waals surface area contributed by atoms with Gasteiger partial charge in [0.15, 0.2) is 0 Å². The molecule has 2 fully saturated rings. The maximum Gasteiger partial charge on any atom is 0.324 e. The van der Waals surface area contributed by atoms with Crippen molar-refractivity contribution in [3.05, 3.63) is 0 Å².